The highest BCUT2D eigenvalue weighted by molar-refractivity contribution is 6.32. The second kappa shape index (κ2) is 11.5. The van der Waals surface area contributed by atoms with Crippen LogP contribution in [0.15, 0.2) is 97.1 Å². The molecule has 7 heteroatoms. The molecule has 0 N–H and O–H groups in total. The van der Waals surface area contributed by atoms with Gasteiger partial charge in [0.2, 0.25) is 0 Å². The molecule has 33 heavy (non-hydrogen) atoms. The van der Waals surface area contributed by atoms with E-state index in [4.69, 9.17) is 42.0 Å². The Kier molecular flexibility index (Phi) is 8.02. The van der Waals surface area contributed by atoms with E-state index in [9.17, 15) is 0 Å². The Bertz CT molecular complexity index is 1080. The van der Waals surface area contributed by atoms with Crippen LogP contribution in [0.25, 0.3) is 0 Å². The summed E-state index contributed by atoms with van der Waals surface area (Å²) in [5.74, 6) is 2.25. The monoisotopic (exact) mass is 478 g/mol. The second-order valence-corrected chi connectivity index (χ2v) is 7.95. The third-order valence-corrected chi connectivity index (χ3v) is 5.36. The number of benzene rings is 4. The highest BCUT2D eigenvalue weighted by Crippen LogP contribution is 2.31. The van der Waals surface area contributed by atoms with Crippen molar-refractivity contribution >= 4 is 30.9 Å². The Hall–Kier alpha value is -3.28. The van der Waals surface area contributed by atoms with Gasteiger partial charge in [0.25, 0.3) is 0 Å². The minimum atomic E-state index is -0.000481. The van der Waals surface area contributed by atoms with Crippen LogP contribution in [0.2, 0.25) is 10.0 Å². The zero-order valence-electron chi connectivity index (χ0n) is 17.7. The molecule has 0 aliphatic rings. The molecule has 0 unspecified atom stereocenters. The summed E-state index contributed by atoms with van der Waals surface area (Å²) in [6.45, 7) is 0.827. The Morgan fingerprint density at radius 2 is 0.970 bits per heavy atom. The van der Waals surface area contributed by atoms with Gasteiger partial charge < -0.3 is 18.8 Å². The molecule has 0 spiro atoms. The molecule has 0 fully saturated rings. The fraction of sp³-hybridized carbons (Fsp3) is 0.0769. The molecule has 0 saturated heterocycles. The van der Waals surface area contributed by atoms with Crippen molar-refractivity contribution in [2.24, 2.45) is 0 Å². The number of halogens is 2. The first-order valence-electron chi connectivity index (χ1n) is 10.4. The number of hydrogen-bond acceptors (Lipinski definition) is 4. The number of rotatable bonds is 10. The van der Waals surface area contributed by atoms with Crippen molar-refractivity contribution in [1.29, 1.82) is 0 Å². The molecule has 0 amide bonds. The fourth-order valence-corrected chi connectivity index (χ4v) is 3.35. The molecule has 0 radical (unpaired) electrons. The van der Waals surface area contributed by atoms with Crippen molar-refractivity contribution in [3.63, 3.8) is 0 Å². The van der Waals surface area contributed by atoms with E-state index in [2.05, 4.69) is 0 Å². The maximum Gasteiger partial charge on any atom is 0.576 e. The summed E-state index contributed by atoms with van der Waals surface area (Å²) in [4.78, 5) is 0. The van der Waals surface area contributed by atoms with Crippen molar-refractivity contribution < 1.29 is 18.8 Å². The van der Waals surface area contributed by atoms with Crippen LogP contribution in [0.4, 0.5) is 0 Å². The maximum absolute atomic E-state index is 6.26. The van der Waals surface area contributed by atoms with Gasteiger partial charge in [-0.05, 0) is 35.4 Å². The lowest BCUT2D eigenvalue weighted by Crippen LogP contribution is -2.11. The Morgan fingerprint density at radius 3 is 1.39 bits per heavy atom. The first-order chi connectivity index (χ1) is 16.2. The predicted molar refractivity (Wildman–Crippen MR) is 133 cm³/mol. The minimum absolute atomic E-state index is 0.000481. The van der Waals surface area contributed by atoms with Gasteiger partial charge in [0, 0.05) is 12.1 Å². The van der Waals surface area contributed by atoms with Gasteiger partial charge in [0.1, 0.15) is 36.2 Å². The summed E-state index contributed by atoms with van der Waals surface area (Å²) in [6.07, 6.45) is 0. The largest absolute Gasteiger partial charge is 0.576 e. The van der Waals surface area contributed by atoms with Crippen LogP contribution in [0.3, 0.4) is 0 Å². The van der Waals surface area contributed by atoms with E-state index in [1.165, 1.54) is 0 Å². The maximum atomic E-state index is 6.26. The van der Waals surface area contributed by atoms with E-state index in [1.54, 1.807) is 36.4 Å². The molecule has 0 heterocycles. The molecule has 0 aliphatic heterocycles. The average molecular weight is 479 g/mol. The lowest BCUT2D eigenvalue weighted by atomic mass is 10.2. The van der Waals surface area contributed by atoms with Crippen LogP contribution in [0, 0.1) is 0 Å². The molecule has 4 rings (SSSR count). The number of ether oxygens (including phenoxy) is 2. The molecule has 0 bridgehead atoms. The van der Waals surface area contributed by atoms with Crippen LogP contribution < -0.4 is 18.8 Å². The quantitative estimate of drug-likeness (QED) is 0.233. The van der Waals surface area contributed by atoms with E-state index in [1.807, 2.05) is 60.7 Å². The van der Waals surface area contributed by atoms with Crippen LogP contribution in [0.1, 0.15) is 11.1 Å². The van der Waals surface area contributed by atoms with Gasteiger partial charge in [-0.3, -0.25) is 0 Å². The Morgan fingerprint density at radius 1 is 0.545 bits per heavy atom. The number of hydrogen-bond donors (Lipinski definition) is 0. The summed E-state index contributed by atoms with van der Waals surface area (Å²) >= 11 is 12.5. The molecule has 4 aromatic rings. The van der Waals surface area contributed by atoms with Crippen LogP contribution in [0.5, 0.6) is 23.0 Å². The standard InChI is InChI=1S/C26H21BCl2O4/c28-23-13-11-21(15-25(23)30-17-19-7-3-1-4-8-19)32-27-33-22-12-14-24(29)26(16-22)31-18-20-9-5-2-6-10-20/h1-16,27H,17-18H2. The zero-order valence-corrected chi connectivity index (χ0v) is 19.3. The first-order valence-corrected chi connectivity index (χ1v) is 11.1. The van der Waals surface area contributed by atoms with Crippen LogP contribution >= 0.6 is 23.2 Å². The molecule has 0 atom stereocenters. The van der Waals surface area contributed by atoms with Crippen molar-refractivity contribution in [1.82, 2.24) is 0 Å². The van der Waals surface area contributed by atoms with E-state index in [0.29, 0.717) is 46.3 Å². The average Bonchev–Trinajstić information content (AvgIpc) is 2.85. The smallest absolute Gasteiger partial charge is 0.528 e. The molecule has 0 saturated carbocycles. The van der Waals surface area contributed by atoms with E-state index >= 15 is 0 Å². The molecule has 0 aromatic heterocycles. The van der Waals surface area contributed by atoms with Crippen molar-refractivity contribution in [2.45, 2.75) is 13.2 Å². The summed E-state index contributed by atoms with van der Waals surface area (Å²) in [7, 11) is -0.000481. The van der Waals surface area contributed by atoms with Crippen molar-refractivity contribution in [2.75, 3.05) is 0 Å². The van der Waals surface area contributed by atoms with Gasteiger partial charge in [0.05, 0.1) is 10.0 Å². The molecular formula is C26H21BCl2O4. The SMILES string of the molecule is Clc1ccc(OBOc2ccc(Cl)c(OCc3ccccc3)c2)cc1OCc1ccccc1. The lowest BCUT2D eigenvalue weighted by molar-refractivity contribution is 0.304. The van der Waals surface area contributed by atoms with Gasteiger partial charge in [0.15, 0.2) is 0 Å². The minimum Gasteiger partial charge on any atom is -0.528 e. The molecular weight excluding hydrogens is 458 g/mol. The van der Waals surface area contributed by atoms with Crippen molar-refractivity contribution in [3.05, 3.63) is 118 Å². The zero-order chi connectivity index (χ0) is 22.9. The summed E-state index contributed by atoms with van der Waals surface area (Å²) in [5, 5.41) is 1.02. The van der Waals surface area contributed by atoms with E-state index < -0.39 is 0 Å². The molecule has 166 valence electrons. The van der Waals surface area contributed by atoms with E-state index in [-0.39, 0.29) is 7.69 Å². The van der Waals surface area contributed by atoms with Gasteiger partial charge in [-0.25, -0.2) is 0 Å². The third-order valence-electron chi connectivity index (χ3n) is 4.73. The highest BCUT2D eigenvalue weighted by Gasteiger charge is 2.09. The summed E-state index contributed by atoms with van der Waals surface area (Å²) in [6, 6.07) is 30.2. The second-order valence-electron chi connectivity index (χ2n) is 7.14. The highest BCUT2D eigenvalue weighted by atomic mass is 35.5. The third kappa shape index (κ3) is 6.85. The van der Waals surface area contributed by atoms with Crippen LogP contribution in [-0.2, 0) is 13.2 Å². The van der Waals surface area contributed by atoms with Gasteiger partial charge in [-0.2, -0.15) is 0 Å². The molecule has 4 aromatic carbocycles. The van der Waals surface area contributed by atoms with Gasteiger partial charge >= 0.3 is 7.69 Å². The predicted octanol–water partition coefficient (Wildman–Crippen LogP) is 6.88. The van der Waals surface area contributed by atoms with Crippen LogP contribution in [-0.4, -0.2) is 7.69 Å². The van der Waals surface area contributed by atoms with Crippen molar-refractivity contribution in [3.8, 4) is 23.0 Å². The van der Waals surface area contributed by atoms with Gasteiger partial charge in [-0.15, -0.1) is 0 Å². The topological polar surface area (TPSA) is 36.9 Å². The normalized spacial score (nSPS) is 10.4. The van der Waals surface area contributed by atoms with Gasteiger partial charge in [-0.1, -0.05) is 83.9 Å². The molecule has 4 nitrogen and oxygen atoms in total. The Balaban J connectivity index is 1.31. The fourth-order valence-electron chi connectivity index (χ4n) is 3.00. The summed E-state index contributed by atoms with van der Waals surface area (Å²) < 4.78 is 23.1. The lowest BCUT2D eigenvalue weighted by Gasteiger charge is -2.13. The molecule has 0 aliphatic carbocycles. The summed E-state index contributed by atoms with van der Waals surface area (Å²) in [5.41, 5.74) is 2.10. The Labute approximate surface area is 203 Å². The van der Waals surface area contributed by atoms with E-state index in [0.717, 1.165) is 11.1 Å². The first kappa shape index (κ1) is 22.9.